The molecule has 1 amide bonds. The first-order valence-corrected chi connectivity index (χ1v) is 11.5. The fourth-order valence-corrected chi connectivity index (χ4v) is 4.19. The molecule has 8 nitrogen and oxygen atoms in total. The Balaban J connectivity index is 1.19. The molecule has 0 spiro atoms. The Labute approximate surface area is 203 Å². The van der Waals surface area contributed by atoms with Gasteiger partial charge in [0, 0.05) is 36.8 Å². The Hall–Kier alpha value is -3.52. The number of rotatable bonds is 5. The van der Waals surface area contributed by atoms with Gasteiger partial charge in [0.2, 0.25) is 6.79 Å². The van der Waals surface area contributed by atoms with E-state index in [0.717, 1.165) is 22.8 Å². The van der Waals surface area contributed by atoms with Crippen molar-refractivity contribution in [2.75, 3.05) is 37.9 Å². The standard InChI is InChI=1S/C25H25ClN4O4/c1-25(2,34-19-6-4-18(26)5-7-19)24(31)30-13-11-29(12-14-30)23-10-8-20(27-28-23)17-3-9-21-22(15-17)33-16-32-21/h3-10,15H,11-14,16H2,1-2H3. The summed E-state index contributed by atoms with van der Waals surface area (Å²) < 4.78 is 16.8. The highest BCUT2D eigenvalue weighted by atomic mass is 35.5. The van der Waals surface area contributed by atoms with E-state index in [1.807, 2.05) is 35.2 Å². The van der Waals surface area contributed by atoms with Gasteiger partial charge in [0.25, 0.3) is 5.91 Å². The van der Waals surface area contributed by atoms with E-state index in [2.05, 4.69) is 15.1 Å². The van der Waals surface area contributed by atoms with Crippen LogP contribution in [0.5, 0.6) is 17.2 Å². The molecule has 5 rings (SSSR count). The Kier molecular flexibility index (Phi) is 5.91. The molecular weight excluding hydrogens is 456 g/mol. The van der Waals surface area contributed by atoms with E-state index in [1.54, 1.807) is 38.1 Å². The van der Waals surface area contributed by atoms with Gasteiger partial charge in [-0.1, -0.05) is 11.6 Å². The molecule has 0 N–H and O–H groups in total. The third-order valence-corrected chi connectivity index (χ3v) is 6.16. The molecule has 176 valence electrons. The maximum atomic E-state index is 13.1. The van der Waals surface area contributed by atoms with Crippen LogP contribution < -0.4 is 19.1 Å². The number of carbonyl (C=O) groups excluding carboxylic acids is 1. The molecule has 3 heterocycles. The second-order valence-electron chi connectivity index (χ2n) is 8.69. The molecule has 2 aliphatic rings. The molecule has 34 heavy (non-hydrogen) atoms. The number of anilines is 1. The molecule has 1 aromatic heterocycles. The molecule has 0 radical (unpaired) electrons. The van der Waals surface area contributed by atoms with E-state index in [-0.39, 0.29) is 12.7 Å². The molecule has 0 bridgehead atoms. The molecule has 9 heteroatoms. The second-order valence-corrected chi connectivity index (χ2v) is 9.13. The summed E-state index contributed by atoms with van der Waals surface area (Å²) in [4.78, 5) is 17.1. The molecule has 0 atom stereocenters. The number of halogens is 1. The van der Waals surface area contributed by atoms with E-state index < -0.39 is 5.60 Å². The van der Waals surface area contributed by atoms with Gasteiger partial charge >= 0.3 is 0 Å². The van der Waals surface area contributed by atoms with Crippen LogP contribution in [0.25, 0.3) is 11.3 Å². The average Bonchev–Trinajstić information content (AvgIpc) is 3.33. The first-order valence-electron chi connectivity index (χ1n) is 11.1. The molecule has 1 fully saturated rings. The van der Waals surface area contributed by atoms with Crippen molar-refractivity contribution in [2.45, 2.75) is 19.4 Å². The summed E-state index contributed by atoms with van der Waals surface area (Å²) in [6.45, 7) is 6.31. The van der Waals surface area contributed by atoms with E-state index in [9.17, 15) is 4.79 Å². The van der Waals surface area contributed by atoms with Crippen LogP contribution in [0.15, 0.2) is 54.6 Å². The summed E-state index contributed by atoms with van der Waals surface area (Å²) in [5, 5.41) is 9.44. The van der Waals surface area contributed by atoms with Gasteiger partial charge in [-0.05, 0) is 68.4 Å². The monoisotopic (exact) mass is 480 g/mol. The van der Waals surface area contributed by atoms with Crippen LogP contribution in [0.4, 0.5) is 5.82 Å². The van der Waals surface area contributed by atoms with Gasteiger partial charge in [0.05, 0.1) is 5.69 Å². The zero-order valence-electron chi connectivity index (χ0n) is 19.0. The highest BCUT2D eigenvalue weighted by Gasteiger charge is 2.36. The smallest absolute Gasteiger partial charge is 0.266 e. The van der Waals surface area contributed by atoms with Gasteiger partial charge in [-0.3, -0.25) is 4.79 Å². The Morgan fingerprint density at radius 2 is 1.68 bits per heavy atom. The zero-order valence-corrected chi connectivity index (χ0v) is 19.8. The van der Waals surface area contributed by atoms with Gasteiger partial charge < -0.3 is 24.0 Å². The lowest BCUT2D eigenvalue weighted by molar-refractivity contribution is -0.145. The average molecular weight is 481 g/mol. The number of fused-ring (bicyclic) bond motifs is 1. The van der Waals surface area contributed by atoms with Crippen molar-refractivity contribution in [3.8, 4) is 28.5 Å². The quantitative estimate of drug-likeness (QED) is 0.545. The molecule has 2 aromatic carbocycles. The Morgan fingerprint density at radius 1 is 0.941 bits per heavy atom. The summed E-state index contributed by atoms with van der Waals surface area (Å²) in [5.41, 5.74) is 0.695. The van der Waals surface area contributed by atoms with Crippen molar-refractivity contribution in [2.24, 2.45) is 0 Å². The van der Waals surface area contributed by atoms with Gasteiger partial charge in [0.15, 0.2) is 22.9 Å². The van der Waals surface area contributed by atoms with Crippen LogP contribution in [-0.4, -0.2) is 59.6 Å². The van der Waals surface area contributed by atoms with E-state index in [4.69, 9.17) is 25.8 Å². The van der Waals surface area contributed by atoms with Crippen LogP contribution in [0, 0.1) is 0 Å². The van der Waals surface area contributed by atoms with E-state index in [0.29, 0.717) is 42.7 Å². The predicted molar refractivity (Wildman–Crippen MR) is 129 cm³/mol. The fourth-order valence-electron chi connectivity index (χ4n) is 4.06. The van der Waals surface area contributed by atoms with Crippen molar-refractivity contribution in [1.29, 1.82) is 0 Å². The van der Waals surface area contributed by atoms with Gasteiger partial charge in [-0.25, -0.2) is 0 Å². The number of hydrogen-bond acceptors (Lipinski definition) is 7. The minimum atomic E-state index is -0.984. The summed E-state index contributed by atoms with van der Waals surface area (Å²) in [7, 11) is 0. The second kappa shape index (κ2) is 9.02. The maximum absolute atomic E-state index is 13.1. The van der Waals surface area contributed by atoms with Crippen molar-refractivity contribution in [3.05, 3.63) is 59.6 Å². The number of aromatic nitrogens is 2. The lowest BCUT2D eigenvalue weighted by Gasteiger charge is -2.38. The highest BCUT2D eigenvalue weighted by Crippen LogP contribution is 2.35. The van der Waals surface area contributed by atoms with Crippen molar-refractivity contribution in [1.82, 2.24) is 15.1 Å². The number of benzene rings is 2. The number of piperazine rings is 1. The van der Waals surface area contributed by atoms with Gasteiger partial charge in [-0.2, -0.15) is 0 Å². The summed E-state index contributed by atoms with van der Waals surface area (Å²) in [6, 6.07) is 16.6. The number of ether oxygens (including phenoxy) is 3. The third-order valence-electron chi connectivity index (χ3n) is 5.91. The molecule has 0 unspecified atom stereocenters. The summed E-state index contributed by atoms with van der Waals surface area (Å²) in [5.74, 6) is 2.80. The van der Waals surface area contributed by atoms with Crippen LogP contribution in [0.2, 0.25) is 5.02 Å². The number of nitrogens with zero attached hydrogens (tertiary/aromatic N) is 4. The number of carbonyl (C=O) groups is 1. The summed E-state index contributed by atoms with van der Waals surface area (Å²) in [6.07, 6.45) is 0. The third kappa shape index (κ3) is 4.59. The molecule has 0 aliphatic carbocycles. The Morgan fingerprint density at radius 3 is 2.38 bits per heavy atom. The first kappa shape index (κ1) is 22.3. The van der Waals surface area contributed by atoms with Crippen LogP contribution in [0.1, 0.15) is 13.8 Å². The van der Waals surface area contributed by atoms with Crippen LogP contribution in [-0.2, 0) is 4.79 Å². The maximum Gasteiger partial charge on any atom is 0.266 e. The number of amides is 1. The minimum absolute atomic E-state index is 0.0497. The van der Waals surface area contributed by atoms with Crippen molar-refractivity contribution >= 4 is 23.3 Å². The highest BCUT2D eigenvalue weighted by molar-refractivity contribution is 6.30. The fraction of sp³-hybridized carbons (Fsp3) is 0.320. The normalized spacial score (nSPS) is 15.4. The van der Waals surface area contributed by atoms with Gasteiger partial charge in [-0.15, -0.1) is 10.2 Å². The van der Waals surface area contributed by atoms with E-state index in [1.165, 1.54) is 0 Å². The number of hydrogen-bond donors (Lipinski definition) is 0. The molecule has 1 saturated heterocycles. The molecule has 0 saturated carbocycles. The zero-order chi connectivity index (χ0) is 23.7. The predicted octanol–water partition coefficient (Wildman–Crippen LogP) is 4.03. The van der Waals surface area contributed by atoms with Crippen LogP contribution >= 0.6 is 11.6 Å². The topological polar surface area (TPSA) is 77.0 Å². The summed E-state index contributed by atoms with van der Waals surface area (Å²) >= 11 is 5.94. The molecule has 3 aromatic rings. The Bertz CT molecular complexity index is 1180. The SMILES string of the molecule is CC(C)(Oc1ccc(Cl)cc1)C(=O)N1CCN(c2ccc(-c3ccc4c(c3)OCO4)nn2)CC1. The lowest BCUT2D eigenvalue weighted by atomic mass is 10.1. The first-order chi connectivity index (χ1) is 16.4. The van der Waals surface area contributed by atoms with Crippen LogP contribution in [0.3, 0.4) is 0 Å². The molecule has 2 aliphatic heterocycles. The lowest BCUT2D eigenvalue weighted by Crippen LogP contribution is -2.56. The molecular formula is C25H25ClN4O4. The van der Waals surface area contributed by atoms with E-state index >= 15 is 0 Å². The minimum Gasteiger partial charge on any atom is -0.478 e. The van der Waals surface area contributed by atoms with Gasteiger partial charge in [0.1, 0.15) is 5.75 Å². The largest absolute Gasteiger partial charge is 0.478 e. The van der Waals surface area contributed by atoms with Crippen molar-refractivity contribution < 1.29 is 19.0 Å². The van der Waals surface area contributed by atoms with Crippen molar-refractivity contribution in [3.63, 3.8) is 0 Å².